The Hall–Kier alpha value is -1.34. The summed E-state index contributed by atoms with van der Waals surface area (Å²) in [4.78, 5) is 11.4. The second kappa shape index (κ2) is 5.59. The molecule has 3 aliphatic rings. The number of ether oxygens (including phenoxy) is 5. The molecule has 7 heteroatoms. The molecule has 0 aliphatic carbocycles. The minimum absolute atomic E-state index is 0.0457. The van der Waals surface area contributed by atoms with E-state index >= 15 is 0 Å². The van der Waals surface area contributed by atoms with Crippen LogP contribution < -0.4 is 9.47 Å². The maximum absolute atomic E-state index is 11.4. The summed E-state index contributed by atoms with van der Waals surface area (Å²) < 4.78 is 29.2. The Morgan fingerprint density at radius 3 is 2.67 bits per heavy atom. The van der Waals surface area contributed by atoms with E-state index < -0.39 is 11.0 Å². The standard InChI is InChI=1S/C17H19ClO6/c1-17(2)23-14-12-7-11(13(22-12)15(14)24-17)21-10-6-8(16(18)19)4-5-9(10)20-3/h4-6,11-15H,7H2,1-3H3. The van der Waals surface area contributed by atoms with Gasteiger partial charge in [0.1, 0.15) is 24.4 Å². The highest BCUT2D eigenvalue weighted by molar-refractivity contribution is 6.67. The van der Waals surface area contributed by atoms with Crippen LogP contribution in [0.3, 0.4) is 0 Å². The number of hydrogen-bond donors (Lipinski definition) is 0. The molecule has 0 radical (unpaired) electrons. The van der Waals surface area contributed by atoms with Gasteiger partial charge in [0.15, 0.2) is 17.3 Å². The Bertz CT molecular complexity index is 675. The highest BCUT2D eigenvalue weighted by Gasteiger charge is 2.62. The van der Waals surface area contributed by atoms with Crippen molar-refractivity contribution in [1.29, 1.82) is 0 Å². The van der Waals surface area contributed by atoms with Crippen molar-refractivity contribution >= 4 is 16.8 Å². The van der Waals surface area contributed by atoms with Crippen LogP contribution in [0.2, 0.25) is 0 Å². The van der Waals surface area contributed by atoms with Crippen LogP contribution in [-0.2, 0) is 14.2 Å². The normalized spacial score (nSPS) is 35.8. The smallest absolute Gasteiger partial charge is 0.252 e. The van der Waals surface area contributed by atoms with Gasteiger partial charge in [-0.25, -0.2) is 0 Å². The summed E-state index contributed by atoms with van der Waals surface area (Å²) in [5.41, 5.74) is 0.357. The van der Waals surface area contributed by atoms with Crippen LogP contribution >= 0.6 is 11.6 Å². The van der Waals surface area contributed by atoms with Crippen molar-refractivity contribution in [3.63, 3.8) is 0 Å². The molecule has 0 N–H and O–H groups in total. The van der Waals surface area contributed by atoms with E-state index in [0.717, 1.165) is 0 Å². The molecule has 4 rings (SSSR count). The van der Waals surface area contributed by atoms with Crippen LogP contribution in [0.4, 0.5) is 0 Å². The van der Waals surface area contributed by atoms with Gasteiger partial charge in [-0.15, -0.1) is 0 Å². The van der Waals surface area contributed by atoms with Crippen molar-refractivity contribution in [3.05, 3.63) is 23.8 Å². The Morgan fingerprint density at radius 2 is 1.96 bits per heavy atom. The maximum Gasteiger partial charge on any atom is 0.252 e. The quantitative estimate of drug-likeness (QED) is 0.774. The van der Waals surface area contributed by atoms with Gasteiger partial charge < -0.3 is 23.7 Å². The molecular formula is C17H19ClO6. The van der Waals surface area contributed by atoms with Gasteiger partial charge in [-0.1, -0.05) is 0 Å². The van der Waals surface area contributed by atoms with Crippen molar-refractivity contribution in [2.75, 3.05) is 7.11 Å². The molecule has 3 heterocycles. The van der Waals surface area contributed by atoms with Crippen LogP contribution in [0.25, 0.3) is 0 Å². The fourth-order valence-electron chi connectivity index (χ4n) is 3.74. The second-order valence-corrected chi connectivity index (χ2v) is 7.08. The number of halogens is 1. The molecular weight excluding hydrogens is 336 g/mol. The van der Waals surface area contributed by atoms with Crippen molar-refractivity contribution in [2.24, 2.45) is 0 Å². The summed E-state index contributed by atoms with van der Waals surface area (Å²) in [6, 6.07) is 4.86. The van der Waals surface area contributed by atoms with Gasteiger partial charge in [-0.2, -0.15) is 0 Å². The van der Waals surface area contributed by atoms with Gasteiger partial charge in [-0.05, 0) is 43.6 Å². The topological polar surface area (TPSA) is 63.2 Å². The summed E-state index contributed by atoms with van der Waals surface area (Å²) in [5.74, 6) is 0.410. The van der Waals surface area contributed by atoms with E-state index in [1.807, 2.05) is 13.8 Å². The molecule has 1 aromatic rings. The molecule has 1 aromatic carbocycles. The lowest BCUT2D eigenvalue weighted by molar-refractivity contribution is -0.179. The van der Waals surface area contributed by atoms with E-state index in [-0.39, 0.29) is 30.5 Å². The molecule has 0 amide bonds. The number of benzene rings is 1. The minimum atomic E-state index is -0.604. The van der Waals surface area contributed by atoms with Crippen molar-refractivity contribution < 1.29 is 28.5 Å². The lowest BCUT2D eigenvalue weighted by Gasteiger charge is -2.27. The van der Waals surface area contributed by atoms with Gasteiger partial charge in [0, 0.05) is 12.0 Å². The summed E-state index contributed by atoms with van der Waals surface area (Å²) in [5, 5.41) is -0.541. The van der Waals surface area contributed by atoms with Gasteiger partial charge in [0.05, 0.1) is 13.2 Å². The fraction of sp³-hybridized carbons (Fsp3) is 0.588. The Morgan fingerprint density at radius 1 is 1.21 bits per heavy atom. The van der Waals surface area contributed by atoms with E-state index in [9.17, 15) is 4.79 Å². The summed E-state index contributed by atoms with van der Waals surface area (Å²) in [7, 11) is 1.55. The third-order valence-corrected chi connectivity index (χ3v) is 4.90. The minimum Gasteiger partial charge on any atom is -0.493 e. The van der Waals surface area contributed by atoms with Crippen molar-refractivity contribution in [2.45, 2.75) is 56.6 Å². The van der Waals surface area contributed by atoms with Gasteiger partial charge in [0.2, 0.25) is 0 Å². The average molecular weight is 355 g/mol. The molecule has 24 heavy (non-hydrogen) atoms. The first-order chi connectivity index (χ1) is 11.4. The molecule has 0 saturated carbocycles. The van der Waals surface area contributed by atoms with Gasteiger partial charge in [-0.3, -0.25) is 4.79 Å². The predicted molar refractivity (Wildman–Crippen MR) is 84.7 cm³/mol. The zero-order valence-electron chi connectivity index (χ0n) is 13.7. The number of rotatable bonds is 4. The molecule has 2 bridgehead atoms. The van der Waals surface area contributed by atoms with Crippen LogP contribution in [0.1, 0.15) is 30.6 Å². The molecule has 3 aliphatic heterocycles. The van der Waals surface area contributed by atoms with Crippen molar-refractivity contribution in [1.82, 2.24) is 0 Å². The van der Waals surface area contributed by atoms with E-state index in [1.165, 1.54) is 0 Å². The van der Waals surface area contributed by atoms with E-state index in [4.69, 9.17) is 35.3 Å². The van der Waals surface area contributed by atoms with Crippen LogP contribution in [-0.4, -0.2) is 48.7 Å². The van der Waals surface area contributed by atoms with Crippen molar-refractivity contribution in [3.8, 4) is 11.5 Å². The van der Waals surface area contributed by atoms with Gasteiger partial charge in [0.25, 0.3) is 5.24 Å². The van der Waals surface area contributed by atoms with Gasteiger partial charge >= 0.3 is 0 Å². The number of carbonyl (C=O) groups excluding carboxylic acids is 1. The van der Waals surface area contributed by atoms with Crippen LogP contribution in [0.15, 0.2) is 18.2 Å². The van der Waals surface area contributed by atoms with Crippen LogP contribution in [0.5, 0.6) is 11.5 Å². The first-order valence-electron chi connectivity index (χ1n) is 7.93. The first-order valence-corrected chi connectivity index (χ1v) is 8.31. The molecule has 130 valence electrons. The Kier molecular flexibility index (Phi) is 3.76. The molecule has 3 saturated heterocycles. The molecule has 0 aromatic heterocycles. The number of methoxy groups -OCH3 is 1. The SMILES string of the molecule is COc1ccc(C(=O)Cl)cc1OC1CC2OC1C1OC(C)(C)OC21. The average Bonchev–Trinajstić information content (AvgIpc) is 3.15. The molecule has 5 unspecified atom stereocenters. The molecule has 5 atom stereocenters. The summed E-state index contributed by atoms with van der Waals surface area (Å²) >= 11 is 5.56. The number of fused-ring (bicyclic) bond motifs is 5. The summed E-state index contributed by atoms with van der Waals surface area (Å²) in [6.45, 7) is 3.80. The molecule has 0 spiro atoms. The first kappa shape index (κ1) is 16.1. The fourth-order valence-corrected chi connectivity index (χ4v) is 3.85. The lowest BCUT2D eigenvalue weighted by atomic mass is 9.92. The highest BCUT2D eigenvalue weighted by atomic mass is 35.5. The molecule has 6 nitrogen and oxygen atoms in total. The zero-order valence-corrected chi connectivity index (χ0v) is 14.4. The largest absolute Gasteiger partial charge is 0.493 e. The predicted octanol–water partition coefficient (Wildman–Crippen LogP) is 2.51. The highest BCUT2D eigenvalue weighted by Crippen LogP contribution is 2.47. The Labute approximate surface area is 144 Å². The number of carbonyl (C=O) groups is 1. The third-order valence-electron chi connectivity index (χ3n) is 4.69. The maximum atomic E-state index is 11.4. The lowest BCUT2D eigenvalue weighted by Crippen LogP contribution is -2.44. The van der Waals surface area contributed by atoms with E-state index in [1.54, 1.807) is 25.3 Å². The van der Waals surface area contributed by atoms with E-state index in [0.29, 0.717) is 23.5 Å². The Balaban J connectivity index is 1.55. The van der Waals surface area contributed by atoms with E-state index in [2.05, 4.69) is 0 Å². The second-order valence-electron chi connectivity index (χ2n) is 6.74. The summed E-state index contributed by atoms with van der Waals surface area (Å²) in [6.07, 6.45) is 0.0591. The third kappa shape index (κ3) is 2.58. The van der Waals surface area contributed by atoms with Crippen LogP contribution in [0, 0.1) is 0 Å². The monoisotopic (exact) mass is 354 g/mol. The molecule has 3 fully saturated rings. The number of hydrogen-bond acceptors (Lipinski definition) is 6. The zero-order chi connectivity index (χ0) is 17.1.